The molecule has 6 heteroatoms. The topological polar surface area (TPSA) is 64.3 Å². The predicted octanol–water partition coefficient (Wildman–Crippen LogP) is 3.78. The molecule has 1 aliphatic carbocycles. The van der Waals surface area contributed by atoms with Crippen molar-refractivity contribution in [2.75, 3.05) is 20.2 Å². The second kappa shape index (κ2) is 6.65. The number of rotatable bonds is 5. The smallest absolute Gasteiger partial charge is 0.232 e. The molecule has 0 N–H and O–H groups in total. The lowest BCUT2D eigenvalue weighted by molar-refractivity contribution is 0.197. The van der Waals surface area contributed by atoms with Crippen LogP contribution in [0.3, 0.4) is 0 Å². The molecule has 3 heterocycles. The summed E-state index contributed by atoms with van der Waals surface area (Å²) < 4.78 is 11.7. The molecule has 2 fully saturated rings. The van der Waals surface area contributed by atoms with Crippen molar-refractivity contribution >= 4 is 0 Å². The van der Waals surface area contributed by atoms with Crippen molar-refractivity contribution in [3.05, 3.63) is 23.7 Å². The van der Waals surface area contributed by atoms with Crippen molar-refractivity contribution in [3.63, 3.8) is 0 Å². The highest BCUT2D eigenvalue weighted by molar-refractivity contribution is 5.54. The third-order valence-electron chi connectivity index (χ3n) is 5.31. The quantitative estimate of drug-likeness (QED) is 0.812. The lowest BCUT2D eigenvalue weighted by Gasteiger charge is -2.20. The normalized spacial score (nSPS) is 21.3. The highest BCUT2D eigenvalue weighted by Gasteiger charge is 2.29. The number of aromatic nitrogens is 3. The molecule has 4 rings (SSSR count). The molecule has 2 aromatic rings. The van der Waals surface area contributed by atoms with Crippen molar-refractivity contribution in [2.24, 2.45) is 0 Å². The molecule has 1 saturated heterocycles. The van der Waals surface area contributed by atoms with Crippen molar-refractivity contribution in [2.45, 2.75) is 63.8 Å². The van der Waals surface area contributed by atoms with Crippen LogP contribution in [-0.2, 0) is 5.41 Å². The first-order valence-electron chi connectivity index (χ1n) is 9.59. The van der Waals surface area contributed by atoms with Gasteiger partial charge in [0.1, 0.15) is 18.1 Å². The number of nitrogens with zero attached hydrogens (tertiary/aromatic N) is 4. The van der Waals surface area contributed by atoms with Crippen LogP contribution >= 0.6 is 0 Å². The van der Waals surface area contributed by atoms with Crippen LogP contribution in [-0.4, -0.2) is 46.3 Å². The van der Waals surface area contributed by atoms with Gasteiger partial charge >= 0.3 is 0 Å². The van der Waals surface area contributed by atoms with E-state index in [1.54, 1.807) is 0 Å². The first-order valence-corrected chi connectivity index (χ1v) is 9.59. The standard InChI is InChI=1S/C20H28N4O2/c1-20(2,3)19-22-18(23-26-19)16-10-17(15(11-21-16)13-7-8-13)25-12-14-6-5-9-24(14)4/h10-11,13-14H,5-9,12H2,1-4H3/t14-/m0/s1. The number of likely N-dealkylation sites (N-methyl/N-ethyl adjacent to an activating group) is 1. The summed E-state index contributed by atoms with van der Waals surface area (Å²) in [6.45, 7) is 8.05. The summed E-state index contributed by atoms with van der Waals surface area (Å²) in [5.74, 6) is 2.67. The van der Waals surface area contributed by atoms with Crippen molar-refractivity contribution in [1.29, 1.82) is 0 Å². The fourth-order valence-electron chi connectivity index (χ4n) is 3.40. The number of hydrogen-bond donors (Lipinski definition) is 0. The molecule has 0 spiro atoms. The third-order valence-corrected chi connectivity index (χ3v) is 5.31. The van der Waals surface area contributed by atoms with Gasteiger partial charge in [-0.1, -0.05) is 25.9 Å². The summed E-state index contributed by atoms with van der Waals surface area (Å²) in [5.41, 5.74) is 1.75. The third kappa shape index (κ3) is 3.61. The van der Waals surface area contributed by atoms with E-state index in [1.165, 1.54) is 31.2 Å². The molecule has 140 valence electrons. The summed E-state index contributed by atoms with van der Waals surface area (Å²) in [4.78, 5) is 11.5. The van der Waals surface area contributed by atoms with Crippen LogP contribution < -0.4 is 4.74 Å². The summed E-state index contributed by atoms with van der Waals surface area (Å²) >= 11 is 0. The molecule has 2 aromatic heterocycles. The fourth-order valence-corrected chi connectivity index (χ4v) is 3.40. The van der Waals surface area contributed by atoms with Crippen LogP contribution in [0.1, 0.15) is 63.8 Å². The Morgan fingerprint density at radius 3 is 2.69 bits per heavy atom. The molecule has 0 bridgehead atoms. The minimum Gasteiger partial charge on any atom is -0.492 e. The van der Waals surface area contributed by atoms with Gasteiger partial charge in [0.25, 0.3) is 0 Å². The second-order valence-electron chi connectivity index (χ2n) is 8.64. The van der Waals surface area contributed by atoms with Gasteiger partial charge in [-0.3, -0.25) is 4.98 Å². The highest BCUT2D eigenvalue weighted by atomic mass is 16.5. The summed E-state index contributed by atoms with van der Waals surface area (Å²) in [7, 11) is 2.17. The molecule has 0 unspecified atom stereocenters. The molecule has 1 atom stereocenters. The zero-order valence-electron chi connectivity index (χ0n) is 16.2. The average Bonchev–Trinajstić information content (AvgIpc) is 3.15. The van der Waals surface area contributed by atoms with Gasteiger partial charge < -0.3 is 14.2 Å². The molecule has 26 heavy (non-hydrogen) atoms. The van der Waals surface area contributed by atoms with E-state index >= 15 is 0 Å². The molecule has 0 aromatic carbocycles. The monoisotopic (exact) mass is 356 g/mol. The van der Waals surface area contributed by atoms with E-state index in [4.69, 9.17) is 9.26 Å². The van der Waals surface area contributed by atoms with Gasteiger partial charge in [-0.05, 0) is 45.2 Å². The lowest BCUT2D eigenvalue weighted by atomic mass is 9.97. The summed E-state index contributed by atoms with van der Waals surface area (Å²) in [6.07, 6.45) is 6.83. The minimum absolute atomic E-state index is 0.175. The van der Waals surface area contributed by atoms with E-state index in [0.29, 0.717) is 29.4 Å². The van der Waals surface area contributed by atoms with E-state index in [2.05, 4.69) is 47.8 Å². The molecule has 0 radical (unpaired) electrons. The first kappa shape index (κ1) is 17.5. The lowest BCUT2D eigenvalue weighted by Crippen LogP contribution is -2.30. The Hall–Kier alpha value is -1.95. The van der Waals surface area contributed by atoms with Crippen LogP contribution in [0, 0.1) is 0 Å². The van der Waals surface area contributed by atoms with Gasteiger partial charge in [0.15, 0.2) is 0 Å². The molecule has 2 aliphatic rings. The molecular weight excluding hydrogens is 328 g/mol. The maximum atomic E-state index is 6.26. The molecule has 1 saturated carbocycles. The van der Waals surface area contributed by atoms with Crippen molar-refractivity contribution in [1.82, 2.24) is 20.0 Å². The average molecular weight is 356 g/mol. The van der Waals surface area contributed by atoms with Gasteiger partial charge in [0.2, 0.25) is 11.7 Å². The van der Waals surface area contributed by atoms with Crippen LogP contribution in [0.2, 0.25) is 0 Å². The minimum atomic E-state index is -0.175. The Bertz CT molecular complexity index is 776. The van der Waals surface area contributed by atoms with Crippen LogP contribution in [0.25, 0.3) is 11.5 Å². The Morgan fingerprint density at radius 2 is 2.08 bits per heavy atom. The first-order chi connectivity index (χ1) is 12.4. The van der Waals surface area contributed by atoms with Gasteiger partial charge in [-0.2, -0.15) is 4.98 Å². The Morgan fingerprint density at radius 1 is 1.27 bits per heavy atom. The highest BCUT2D eigenvalue weighted by Crippen LogP contribution is 2.44. The number of pyridine rings is 1. The van der Waals surface area contributed by atoms with Crippen molar-refractivity contribution < 1.29 is 9.26 Å². The Kier molecular flexibility index (Phi) is 4.47. The summed E-state index contributed by atoms with van der Waals surface area (Å²) in [6, 6.07) is 2.48. The Labute approximate surface area is 154 Å². The number of likely N-dealkylation sites (tertiary alicyclic amines) is 1. The van der Waals surface area contributed by atoms with Gasteiger partial charge in [-0.25, -0.2) is 0 Å². The maximum absolute atomic E-state index is 6.26. The summed E-state index contributed by atoms with van der Waals surface area (Å²) in [5, 5.41) is 4.12. The molecular formula is C20H28N4O2. The second-order valence-corrected chi connectivity index (χ2v) is 8.64. The number of ether oxygens (including phenoxy) is 1. The van der Waals surface area contributed by atoms with Gasteiger partial charge in [-0.15, -0.1) is 0 Å². The van der Waals surface area contributed by atoms with Gasteiger partial charge in [0, 0.05) is 29.3 Å². The largest absolute Gasteiger partial charge is 0.492 e. The molecule has 6 nitrogen and oxygen atoms in total. The SMILES string of the molecule is CN1CCC[C@H]1COc1cc(-c2noc(C(C)(C)C)n2)ncc1C1CC1. The molecule has 0 amide bonds. The van der Waals surface area contributed by atoms with Crippen LogP contribution in [0.5, 0.6) is 5.75 Å². The predicted molar refractivity (Wildman–Crippen MR) is 99.4 cm³/mol. The van der Waals surface area contributed by atoms with E-state index in [9.17, 15) is 0 Å². The van der Waals surface area contributed by atoms with E-state index < -0.39 is 0 Å². The Balaban J connectivity index is 1.57. The number of hydrogen-bond acceptors (Lipinski definition) is 6. The van der Waals surface area contributed by atoms with Crippen LogP contribution in [0.15, 0.2) is 16.8 Å². The van der Waals surface area contributed by atoms with E-state index in [1.807, 2.05) is 12.3 Å². The van der Waals surface area contributed by atoms with E-state index in [0.717, 1.165) is 18.9 Å². The maximum Gasteiger partial charge on any atom is 0.232 e. The van der Waals surface area contributed by atoms with Crippen LogP contribution in [0.4, 0.5) is 0 Å². The fraction of sp³-hybridized carbons (Fsp3) is 0.650. The zero-order valence-corrected chi connectivity index (χ0v) is 16.2. The van der Waals surface area contributed by atoms with Crippen molar-refractivity contribution in [3.8, 4) is 17.3 Å². The van der Waals surface area contributed by atoms with Gasteiger partial charge in [0.05, 0.1) is 0 Å². The zero-order chi connectivity index (χ0) is 18.3. The van der Waals surface area contributed by atoms with E-state index in [-0.39, 0.29) is 5.41 Å². The molecule has 1 aliphatic heterocycles.